The number of aromatic nitrogens is 1. The first kappa shape index (κ1) is 11.0. The zero-order chi connectivity index (χ0) is 11.8. The monoisotopic (exact) mass is 250 g/mol. The maximum Gasteiger partial charge on any atom is 0.227 e. The summed E-state index contributed by atoms with van der Waals surface area (Å²) in [6, 6.07) is 3.46. The number of amides is 1. The molecular formula is C13H15ClN2O. The molecule has 1 N–H and O–H groups in total. The van der Waals surface area contributed by atoms with Crippen molar-refractivity contribution in [1.82, 2.24) is 4.98 Å². The van der Waals surface area contributed by atoms with Gasteiger partial charge in [-0.3, -0.25) is 4.79 Å². The van der Waals surface area contributed by atoms with Gasteiger partial charge in [0.1, 0.15) is 5.15 Å². The maximum absolute atomic E-state index is 12.1. The molecule has 1 aromatic heterocycles. The Labute approximate surface area is 106 Å². The molecule has 2 aliphatic carbocycles. The molecule has 0 saturated heterocycles. The molecule has 3 nitrogen and oxygen atoms in total. The van der Waals surface area contributed by atoms with Gasteiger partial charge in [-0.15, -0.1) is 0 Å². The topological polar surface area (TPSA) is 42.0 Å². The van der Waals surface area contributed by atoms with E-state index in [4.69, 9.17) is 11.6 Å². The quantitative estimate of drug-likeness (QED) is 0.820. The van der Waals surface area contributed by atoms with Crippen molar-refractivity contribution in [2.45, 2.75) is 25.7 Å². The lowest BCUT2D eigenvalue weighted by molar-refractivity contribution is -0.121. The van der Waals surface area contributed by atoms with Gasteiger partial charge in [-0.05, 0) is 43.2 Å². The third-order valence-electron chi connectivity index (χ3n) is 4.07. The number of hydrogen-bond acceptors (Lipinski definition) is 2. The number of halogens is 1. The summed E-state index contributed by atoms with van der Waals surface area (Å²) in [6.07, 6.45) is 6.46. The summed E-state index contributed by atoms with van der Waals surface area (Å²) in [4.78, 5) is 16.0. The summed E-state index contributed by atoms with van der Waals surface area (Å²) >= 11 is 5.79. The van der Waals surface area contributed by atoms with Crippen molar-refractivity contribution >= 4 is 23.2 Å². The summed E-state index contributed by atoms with van der Waals surface area (Å²) in [5, 5.41) is 3.36. The third kappa shape index (κ3) is 2.16. The molecule has 1 heterocycles. The number of anilines is 1. The highest BCUT2D eigenvalue weighted by molar-refractivity contribution is 6.29. The van der Waals surface area contributed by atoms with Gasteiger partial charge in [0, 0.05) is 17.8 Å². The van der Waals surface area contributed by atoms with Crippen LogP contribution in [0.3, 0.4) is 0 Å². The Hall–Kier alpha value is -1.09. The number of rotatable bonds is 2. The van der Waals surface area contributed by atoms with E-state index in [0.717, 1.165) is 18.0 Å². The van der Waals surface area contributed by atoms with Crippen molar-refractivity contribution in [3.8, 4) is 0 Å². The average Bonchev–Trinajstić information content (AvgIpc) is 2.90. The van der Waals surface area contributed by atoms with E-state index in [9.17, 15) is 4.79 Å². The summed E-state index contributed by atoms with van der Waals surface area (Å²) in [6.45, 7) is 0. The van der Waals surface area contributed by atoms with Crippen molar-refractivity contribution in [3.63, 3.8) is 0 Å². The van der Waals surface area contributed by atoms with Gasteiger partial charge >= 0.3 is 0 Å². The SMILES string of the molecule is O=C(Nc1ccnc(Cl)c1)[C@@H]1C[C@H]2CC[C@H]1C2. The Morgan fingerprint density at radius 3 is 2.94 bits per heavy atom. The Morgan fingerprint density at radius 1 is 1.41 bits per heavy atom. The van der Waals surface area contributed by atoms with E-state index in [2.05, 4.69) is 10.3 Å². The van der Waals surface area contributed by atoms with Gasteiger partial charge in [0.2, 0.25) is 5.91 Å². The third-order valence-corrected chi connectivity index (χ3v) is 4.28. The van der Waals surface area contributed by atoms with Crippen molar-refractivity contribution in [2.75, 3.05) is 5.32 Å². The van der Waals surface area contributed by atoms with Gasteiger partial charge in [0.25, 0.3) is 0 Å². The molecule has 3 atom stereocenters. The van der Waals surface area contributed by atoms with Gasteiger partial charge in [0.15, 0.2) is 0 Å². The molecule has 2 saturated carbocycles. The Balaban J connectivity index is 1.68. The Morgan fingerprint density at radius 2 is 2.29 bits per heavy atom. The minimum absolute atomic E-state index is 0.152. The highest BCUT2D eigenvalue weighted by Crippen LogP contribution is 2.48. The first-order valence-electron chi connectivity index (χ1n) is 6.15. The molecule has 2 aliphatic rings. The normalized spacial score (nSPS) is 30.5. The van der Waals surface area contributed by atoms with Crippen LogP contribution in [-0.2, 0) is 4.79 Å². The molecule has 0 aromatic carbocycles. The molecule has 3 rings (SSSR count). The average molecular weight is 251 g/mol. The lowest BCUT2D eigenvalue weighted by atomic mass is 9.88. The second-order valence-electron chi connectivity index (χ2n) is 5.14. The fourth-order valence-electron chi connectivity index (χ4n) is 3.28. The number of pyridine rings is 1. The summed E-state index contributed by atoms with van der Waals surface area (Å²) < 4.78 is 0. The molecule has 17 heavy (non-hydrogen) atoms. The van der Waals surface area contributed by atoms with Crippen molar-refractivity contribution in [3.05, 3.63) is 23.5 Å². The largest absolute Gasteiger partial charge is 0.326 e. The van der Waals surface area contributed by atoms with E-state index in [0.29, 0.717) is 11.1 Å². The highest BCUT2D eigenvalue weighted by atomic mass is 35.5. The summed E-state index contributed by atoms with van der Waals surface area (Å²) in [5.74, 6) is 1.76. The molecule has 2 fully saturated rings. The number of nitrogens with zero attached hydrogens (tertiary/aromatic N) is 1. The van der Waals surface area contributed by atoms with Crippen LogP contribution in [0, 0.1) is 17.8 Å². The van der Waals surface area contributed by atoms with Crippen LogP contribution in [0.2, 0.25) is 5.15 Å². The molecule has 1 amide bonds. The summed E-state index contributed by atoms with van der Waals surface area (Å²) in [7, 11) is 0. The first-order chi connectivity index (χ1) is 8.22. The van der Waals surface area contributed by atoms with E-state index in [1.165, 1.54) is 19.3 Å². The molecule has 90 valence electrons. The van der Waals surface area contributed by atoms with Gasteiger partial charge < -0.3 is 5.32 Å². The number of nitrogens with one attached hydrogen (secondary N) is 1. The van der Waals surface area contributed by atoms with E-state index in [-0.39, 0.29) is 11.8 Å². The van der Waals surface area contributed by atoms with E-state index in [1.54, 1.807) is 18.3 Å². The molecule has 1 aromatic rings. The smallest absolute Gasteiger partial charge is 0.227 e. The fraction of sp³-hybridized carbons (Fsp3) is 0.538. The van der Waals surface area contributed by atoms with Crippen LogP contribution in [0.5, 0.6) is 0 Å². The van der Waals surface area contributed by atoms with Crippen molar-refractivity contribution in [1.29, 1.82) is 0 Å². The highest BCUT2D eigenvalue weighted by Gasteiger charge is 2.42. The van der Waals surface area contributed by atoms with Crippen LogP contribution in [0.25, 0.3) is 0 Å². The number of carbonyl (C=O) groups is 1. The van der Waals surface area contributed by atoms with Crippen LogP contribution in [0.1, 0.15) is 25.7 Å². The second-order valence-corrected chi connectivity index (χ2v) is 5.53. The van der Waals surface area contributed by atoms with Gasteiger partial charge in [0.05, 0.1) is 0 Å². The minimum atomic E-state index is 0.152. The predicted octanol–water partition coefficient (Wildman–Crippen LogP) is 3.11. The lowest BCUT2D eigenvalue weighted by Crippen LogP contribution is -2.27. The zero-order valence-electron chi connectivity index (χ0n) is 9.53. The molecule has 4 heteroatoms. The van der Waals surface area contributed by atoms with Gasteiger partial charge in [-0.2, -0.15) is 0 Å². The van der Waals surface area contributed by atoms with E-state index in [1.807, 2.05) is 0 Å². The van der Waals surface area contributed by atoms with E-state index < -0.39 is 0 Å². The molecule has 2 bridgehead atoms. The minimum Gasteiger partial charge on any atom is -0.326 e. The lowest BCUT2D eigenvalue weighted by Gasteiger charge is -2.20. The van der Waals surface area contributed by atoms with Crippen molar-refractivity contribution in [2.24, 2.45) is 17.8 Å². The van der Waals surface area contributed by atoms with Crippen molar-refractivity contribution < 1.29 is 4.79 Å². The molecular weight excluding hydrogens is 236 g/mol. The Kier molecular flexibility index (Phi) is 2.79. The van der Waals surface area contributed by atoms with Crippen LogP contribution < -0.4 is 5.32 Å². The van der Waals surface area contributed by atoms with Crippen LogP contribution in [-0.4, -0.2) is 10.9 Å². The van der Waals surface area contributed by atoms with Crippen LogP contribution >= 0.6 is 11.6 Å². The summed E-state index contributed by atoms with van der Waals surface area (Å²) in [5.41, 5.74) is 0.748. The Bertz CT molecular complexity index is 449. The maximum atomic E-state index is 12.1. The number of carbonyl (C=O) groups excluding carboxylic acids is 1. The second kappa shape index (κ2) is 4.30. The van der Waals surface area contributed by atoms with E-state index >= 15 is 0 Å². The fourth-order valence-corrected chi connectivity index (χ4v) is 3.45. The first-order valence-corrected chi connectivity index (χ1v) is 6.52. The van der Waals surface area contributed by atoms with Crippen LogP contribution in [0.15, 0.2) is 18.3 Å². The van der Waals surface area contributed by atoms with Crippen LogP contribution in [0.4, 0.5) is 5.69 Å². The molecule has 0 aliphatic heterocycles. The molecule has 0 unspecified atom stereocenters. The molecule has 0 spiro atoms. The number of fused-ring (bicyclic) bond motifs is 2. The molecule has 0 radical (unpaired) electrons. The predicted molar refractivity (Wildman–Crippen MR) is 66.8 cm³/mol. The van der Waals surface area contributed by atoms with Gasteiger partial charge in [-0.1, -0.05) is 18.0 Å². The number of hydrogen-bond donors (Lipinski definition) is 1. The standard InChI is InChI=1S/C13H15ClN2O/c14-12-7-10(3-4-15-12)16-13(17)11-6-8-1-2-9(11)5-8/h3-4,7-9,11H,1-2,5-6H2,(H,15,16,17)/t8-,9-,11+/m0/s1. The van der Waals surface area contributed by atoms with Gasteiger partial charge in [-0.25, -0.2) is 4.98 Å². The zero-order valence-corrected chi connectivity index (χ0v) is 10.3.